The molecule has 0 aliphatic rings. The quantitative estimate of drug-likeness (QED) is 0.185. The highest BCUT2D eigenvalue weighted by Crippen LogP contribution is 2.41. The molecule has 7 heteroatoms. The molecule has 0 N–H and O–H groups in total. The van der Waals surface area contributed by atoms with Gasteiger partial charge in [0.2, 0.25) is 5.95 Å². The summed E-state index contributed by atoms with van der Waals surface area (Å²) in [7, 11) is 0. The monoisotopic (exact) mass is 684 g/mol. The van der Waals surface area contributed by atoms with Gasteiger partial charge in [0.1, 0.15) is 22.3 Å². The van der Waals surface area contributed by atoms with E-state index in [-0.39, 0.29) is 0 Å². The van der Waals surface area contributed by atoms with Gasteiger partial charge in [-0.15, -0.1) is 11.3 Å². The highest BCUT2D eigenvalue weighted by atomic mass is 32.1. The number of thiophene rings is 1. The molecule has 0 amide bonds. The molecule has 7 aromatic carbocycles. The molecule has 5 heterocycles. The van der Waals surface area contributed by atoms with Crippen LogP contribution < -0.4 is 0 Å². The zero-order chi connectivity index (χ0) is 33.9. The van der Waals surface area contributed by atoms with E-state index in [2.05, 4.69) is 108 Å². The SMILES string of the molecule is c1ccc2c(c1)oc1cc(-c3nc(-c4ccc5c(c4)sc4ccccc45)nc(-n4c5ccccc5c5ccc6c7ccccc7oc6c54)n3)ccc12. The van der Waals surface area contributed by atoms with Crippen molar-refractivity contribution in [2.75, 3.05) is 0 Å². The summed E-state index contributed by atoms with van der Waals surface area (Å²) in [6, 6.07) is 50.3. The maximum atomic E-state index is 6.64. The van der Waals surface area contributed by atoms with E-state index in [1.165, 1.54) is 20.2 Å². The normalized spacial score (nSPS) is 12.2. The van der Waals surface area contributed by atoms with Gasteiger partial charge in [0.05, 0.1) is 5.52 Å². The second kappa shape index (κ2) is 10.4. The third kappa shape index (κ3) is 3.91. The Labute approximate surface area is 298 Å². The Hall–Kier alpha value is -6.83. The van der Waals surface area contributed by atoms with Crippen LogP contribution in [-0.2, 0) is 0 Å². The molecule has 12 rings (SSSR count). The number of aromatic nitrogens is 4. The lowest BCUT2D eigenvalue weighted by atomic mass is 10.1. The topological polar surface area (TPSA) is 69.9 Å². The second-order valence-electron chi connectivity index (χ2n) is 13.2. The van der Waals surface area contributed by atoms with Crippen LogP contribution in [0.3, 0.4) is 0 Å². The molecule has 12 aromatic rings. The second-order valence-corrected chi connectivity index (χ2v) is 14.3. The summed E-state index contributed by atoms with van der Waals surface area (Å²) in [6.45, 7) is 0. The summed E-state index contributed by atoms with van der Waals surface area (Å²) < 4.78 is 17.5. The standard InChI is InChI=1S/C45H24N4O2S/c1-5-13-35-27(9-1)33-21-22-34-29-11-3-7-15-37(29)51-42(34)41(33)49(35)45-47-43(25-17-19-30-28-10-2-6-14-36(28)50-38(30)23-25)46-44(48-45)26-18-20-32-31-12-4-8-16-39(31)52-40(32)24-26/h1-24H. The molecule has 0 bridgehead atoms. The third-order valence-corrected chi connectivity index (χ3v) is 11.4. The number of rotatable bonds is 3. The Balaban J connectivity index is 1.17. The number of furan rings is 2. The van der Waals surface area contributed by atoms with Crippen LogP contribution in [0.1, 0.15) is 0 Å². The van der Waals surface area contributed by atoms with Crippen molar-refractivity contribution in [3.05, 3.63) is 146 Å². The van der Waals surface area contributed by atoms with Gasteiger partial charge in [0.25, 0.3) is 0 Å². The van der Waals surface area contributed by atoms with Gasteiger partial charge >= 0.3 is 0 Å². The molecule has 242 valence electrons. The van der Waals surface area contributed by atoms with E-state index in [9.17, 15) is 0 Å². The van der Waals surface area contributed by atoms with Crippen LogP contribution in [0.5, 0.6) is 0 Å². The van der Waals surface area contributed by atoms with Crippen molar-refractivity contribution in [2.45, 2.75) is 0 Å². The predicted octanol–water partition coefficient (Wildman–Crippen LogP) is 12.5. The average Bonchev–Trinajstić information content (AvgIpc) is 3.95. The largest absolute Gasteiger partial charge is 0.456 e. The van der Waals surface area contributed by atoms with Gasteiger partial charge in [-0.2, -0.15) is 9.97 Å². The van der Waals surface area contributed by atoms with Gasteiger partial charge in [-0.05, 0) is 48.5 Å². The highest BCUT2D eigenvalue weighted by molar-refractivity contribution is 7.25. The van der Waals surface area contributed by atoms with E-state index in [4.69, 9.17) is 23.8 Å². The molecule has 6 nitrogen and oxygen atoms in total. The number of benzene rings is 7. The summed E-state index contributed by atoms with van der Waals surface area (Å²) in [6.07, 6.45) is 0. The van der Waals surface area contributed by atoms with E-state index >= 15 is 0 Å². The maximum absolute atomic E-state index is 6.64. The minimum Gasteiger partial charge on any atom is -0.456 e. The van der Waals surface area contributed by atoms with Crippen molar-refractivity contribution >= 4 is 97.2 Å². The van der Waals surface area contributed by atoms with Crippen molar-refractivity contribution in [3.63, 3.8) is 0 Å². The Bertz CT molecular complexity index is 3310. The minimum atomic E-state index is 0.514. The first-order valence-corrected chi connectivity index (χ1v) is 18.0. The lowest BCUT2D eigenvalue weighted by Gasteiger charge is -2.11. The van der Waals surface area contributed by atoms with Crippen LogP contribution in [-0.4, -0.2) is 19.5 Å². The fraction of sp³-hybridized carbons (Fsp3) is 0. The fourth-order valence-corrected chi connectivity index (χ4v) is 9.04. The lowest BCUT2D eigenvalue weighted by molar-refractivity contribution is 0.669. The number of hydrogen-bond donors (Lipinski definition) is 0. The molecule has 0 saturated heterocycles. The van der Waals surface area contributed by atoms with Crippen molar-refractivity contribution in [1.82, 2.24) is 19.5 Å². The fourth-order valence-electron chi connectivity index (χ4n) is 7.89. The van der Waals surface area contributed by atoms with Crippen LogP contribution in [0.2, 0.25) is 0 Å². The number of para-hydroxylation sites is 3. The summed E-state index contributed by atoms with van der Waals surface area (Å²) in [5.74, 6) is 1.66. The molecular formula is C45H24N4O2S. The zero-order valence-electron chi connectivity index (χ0n) is 27.4. The molecule has 0 aliphatic carbocycles. The first-order valence-electron chi connectivity index (χ1n) is 17.2. The summed E-state index contributed by atoms with van der Waals surface area (Å²) >= 11 is 1.78. The molecule has 0 aliphatic heterocycles. The first-order chi connectivity index (χ1) is 25.7. The highest BCUT2D eigenvalue weighted by Gasteiger charge is 2.22. The molecule has 0 atom stereocenters. The van der Waals surface area contributed by atoms with Crippen molar-refractivity contribution < 1.29 is 8.83 Å². The van der Waals surface area contributed by atoms with Gasteiger partial charge in [-0.3, -0.25) is 4.57 Å². The van der Waals surface area contributed by atoms with Gasteiger partial charge in [-0.1, -0.05) is 97.1 Å². The molecule has 0 saturated carbocycles. The van der Waals surface area contributed by atoms with Crippen LogP contribution in [0.4, 0.5) is 0 Å². The Morgan fingerprint density at radius 1 is 0.423 bits per heavy atom. The van der Waals surface area contributed by atoms with Crippen molar-refractivity contribution in [2.24, 2.45) is 0 Å². The van der Waals surface area contributed by atoms with Gasteiger partial charge < -0.3 is 8.83 Å². The summed E-state index contributed by atoms with van der Waals surface area (Å²) in [5, 5.41) is 8.90. The smallest absolute Gasteiger partial charge is 0.238 e. The van der Waals surface area contributed by atoms with Gasteiger partial charge in [-0.25, -0.2) is 4.98 Å². The van der Waals surface area contributed by atoms with E-state index < -0.39 is 0 Å². The number of hydrogen-bond acceptors (Lipinski definition) is 6. The van der Waals surface area contributed by atoms with Crippen LogP contribution in [0.15, 0.2) is 154 Å². The van der Waals surface area contributed by atoms with Crippen LogP contribution in [0, 0.1) is 0 Å². The van der Waals surface area contributed by atoms with Crippen LogP contribution in [0.25, 0.3) is 115 Å². The predicted molar refractivity (Wildman–Crippen MR) is 212 cm³/mol. The minimum absolute atomic E-state index is 0.514. The molecular weight excluding hydrogens is 661 g/mol. The van der Waals surface area contributed by atoms with Crippen LogP contribution >= 0.6 is 11.3 Å². The lowest BCUT2D eigenvalue weighted by Crippen LogP contribution is -2.06. The molecule has 0 fully saturated rings. The van der Waals surface area contributed by atoms with Gasteiger partial charge in [0, 0.05) is 63.6 Å². The Morgan fingerprint density at radius 2 is 1.00 bits per heavy atom. The maximum Gasteiger partial charge on any atom is 0.238 e. The van der Waals surface area contributed by atoms with E-state index in [0.717, 1.165) is 76.8 Å². The summed E-state index contributed by atoms with van der Waals surface area (Å²) in [4.78, 5) is 15.7. The molecule has 0 radical (unpaired) electrons. The molecule has 5 aromatic heterocycles. The number of nitrogens with zero attached hydrogens (tertiary/aromatic N) is 4. The zero-order valence-corrected chi connectivity index (χ0v) is 28.2. The molecule has 0 spiro atoms. The summed E-state index contributed by atoms with van der Waals surface area (Å²) in [5.41, 5.74) is 6.95. The van der Waals surface area contributed by atoms with Crippen molar-refractivity contribution in [3.8, 4) is 28.7 Å². The molecule has 52 heavy (non-hydrogen) atoms. The van der Waals surface area contributed by atoms with E-state index in [1.807, 2.05) is 42.5 Å². The molecule has 0 unspecified atom stereocenters. The Morgan fingerprint density at radius 3 is 1.83 bits per heavy atom. The Kier molecular flexibility index (Phi) is 5.56. The van der Waals surface area contributed by atoms with Crippen molar-refractivity contribution in [1.29, 1.82) is 0 Å². The third-order valence-electron chi connectivity index (χ3n) is 10.3. The van der Waals surface area contributed by atoms with E-state index in [1.54, 1.807) is 11.3 Å². The first kappa shape index (κ1) is 27.9. The van der Waals surface area contributed by atoms with E-state index in [0.29, 0.717) is 17.6 Å². The van der Waals surface area contributed by atoms with Gasteiger partial charge in [0.15, 0.2) is 17.2 Å². The average molecular weight is 685 g/mol. The number of fused-ring (bicyclic) bond motifs is 13.